The van der Waals surface area contributed by atoms with Gasteiger partial charge in [0.05, 0.1) is 0 Å². The van der Waals surface area contributed by atoms with Gasteiger partial charge < -0.3 is 14.9 Å². The van der Waals surface area contributed by atoms with Crippen LogP contribution in [0.4, 0.5) is 0 Å². The molecular weight excluding hydrogens is 359 g/mol. The molecule has 0 aliphatic heterocycles. The topological polar surface area (TPSA) is 152 Å². The van der Waals surface area contributed by atoms with E-state index >= 15 is 0 Å². The van der Waals surface area contributed by atoms with E-state index in [2.05, 4.69) is 4.74 Å². The van der Waals surface area contributed by atoms with Crippen molar-refractivity contribution >= 4 is 57.6 Å². The number of rotatable bonds is 10. The Labute approximate surface area is 139 Å². The van der Waals surface area contributed by atoms with Crippen LogP contribution in [0, 0.1) is 11.8 Å². The van der Waals surface area contributed by atoms with Gasteiger partial charge in [-0.3, -0.25) is 28.8 Å². The Bertz CT molecular complexity index is 483. The molecule has 9 nitrogen and oxygen atoms in total. The van der Waals surface area contributed by atoms with Gasteiger partial charge in [-0.05, 0) is 36.0 Å². The average molecular weight is 371 g/mol. The van der Waals surface area contributed by atoms with Gasteiger partial charge in [-0.2, -0.15) is 0 Å². The largest absolute Gasteiger partial charge is 0.481 e. The molecule has 0 radical (unpaired) electrons. The minimum absolute atomic E-state index is 0.502. The SMILES string of the molecule is O=C(O)CCC(C(=O)Cl)C(=O)OC(=O)C(CCC(=O)O)C(=O)Cl. The second-order valence-corrected chi connectivity index (χ2v) is 5.06. The third-order valence-corrected chi connectivity index (χ3v) is 3.14. The molecule has 0 heterocycles. The fourth-order valence-electron chi connectivity index (χ4n) is 1.43. The van der Waals surface area contributed by atoms with Gasteiger partial charge in [0.1, 0.15) is 11.8 Å². The highest BCUT2D eigenvalue weighted by Crippen LogP contribution is 2.17. The number of carboxylic acid groups (broad SMARTS) is 2. The number of esters is 2. The molecule has 0 aliphatic rings. The maximum atomic E-state index is 11.7. The molecule has 0 saturated heterocycles. The van der Waals surface area contributed by atoms with E-state index in [1.807, 2.05) is 0 Å². The number of aliphatic carboxylic acids is 2. The molecule has 2 N–H and O–H groups in total. The molecule has 0 spiro atoms. The molecule has 0 amide bonds. The summed E-state index contributed by atoms with van der Waals surface area (Å²) in [7, 11) is 0. The lowest BCUT2D eigenvalue weighted by molar-refractivity contribution is -0.166. The molecule has 11 heteroatoms. The van der Waals surface area contributed by atoms with Gasteiger partial charge in [0.2, 0.25) is 10.5 Å². The Morgan fingerprint density at radius 1 is 0.739 bits per heavy atom. The highest BCUT2D eigenvalue weighted by Gasteiger charge is 2.34. The first-order valence-electron chi connectivity index (χ1n) is 6.14. The van der Waals surface area contributed by atoms with E-state index in [0.29, 0.717) is 0 Å². The fourth-order valence-corrected chi connectivity index (χ4v) is 1.82. The van der Waals surface area contributed by atoms with Crippen molar-refractivity contribution in [2.24, 2.45) is 11.8 Å². The third kappa shape index (κ3) is 8.27. The van der Waals surface area contributed by atoms with E-state index in [1.165, 1.54) is 0 Å². The lowest BCUT2D eigenvalue weighted by atomic mass is 10.0. The van der Waals surface area contributed by atoms with Crippen LogP contribution in [0.1, 0.15) is 25.7 Å². The van der Waals surface area contributed by atoms with Crippen molar-refractivity contribution in [2.75, 3.05) is 0 Å². The van der Waals surface area contributed by atoms with Crippen LogP contribution < -0.4 is 0 Å². The van der Waals surface area contributed by atoms with Crippen LogP contribution in [-0.4, -0.2) is 44.6 Å². The summed E-state index contributed by atoms with van der Waals surface area (Å²) in [5, 5.41) is 14.5. The van der Waals surface area contributed by atoms with Crippen LogP contribution in [0.3, 0.4) is 0 Å². The zero-order chi connectivity index (χ0) is 18.2. The summed E-state index contributed by atoms with van der Waals surface area (Å²) >= 11 is 10.3. The molecule has 0 aliphatic carbocycles. The summed E-state index contributed by atoms with van der Waals surface area (Å²) in [6.45, 7) is 0. The number of hydrogen-bond acceptors (Lipinski definition) is 7. The van der Waals surface area contributed by atoms with E-state index < -0.39 is 71.9 Å². The van der Waals surface area contributed by atoms with Crippen molar-refractivity contribution in [3.8, 4) is 0 Å². The van der Waals surface area contributed by atoms with E-state index in [1.54, 1.807) is 0 Å². The average Bonchev–Trinajstić information content (AvgIpc) is 2.37. The van der Waals surface area contributed by atoms with Gasteiger partial charge in [-0.15, -0.1) is 0 Å². The summed E-state index contributed by atoms with van der Waals surface area (Å²) in [6.07, 6.45) is -2.16. The molecular formula is C12H12Cl2O9. The van der Waals surface area contributed by atoms with Crippen molar-refractivity contribution in [3.63, 3.8) is 0 Å². The predicted molar refractivity (Wildman–Crippen MR) is 73.5 cm³/mol. The van der Waals surface area contributed by atoms with Crippen molar-refractivity contribution < 1.29 is 43.7 Å². The molecule has 128 valence electrons. The van der Waals surface area contributed by atoms with E-state index in [9.17, 15) is 28.8 Å². The molecule has 0 fully saturated rings. The van der Waals surface area contributed by atoms with Crippen LogP contribution in [-0.2, 0) is 33.5 Å². The standard InChI is InChI=1S/C12H12Cl2O9/c13-9(19)5(1-3-7(15)16)11(21)23-12(22)6(10(14)20)2-4-8(17)18/h5-6H,1-4H2,(H,15,16)(H,17,18). The second kappa shape index (κ2) is 9.90. The van der Waals surface area contributed by atoms with Crippen LogP contribution in [0.15, 0.2) is 0 Å². The maximum absolute atomic E-state index is 11.7. The Morgan fingerprint density at radius 3 is 1.26 bits per heavy atom. The van der Waals surface area contributed by atoms with Gasteiger partial charge >= 0.3 is 23.9 Å². The molecule has 2 unspecified atom stereocenters. The summed E-state index contributed by atoms with van der Waals surface area (Å²) in [6, 6.07) is 0. The van der Waals surface area contributed by atoms with Crippen LogP contribution in [0.5, 0.6) is 0 Å². The highest BCUT2D eigenvalue weighted by atomic mass is 35.5. The first kappa shape index (κ1) is 21.0. The molecule has 2 atom stereocenters. The summed E-state index contributed by atoms with van der Waals surface area (Å²) in [5.41, 5.74) is 0. The normalized spacial score (nSPS) is 12.8. The fraction of sp³-hybridized carbons (Fsp3) is 0.500. The minimum atomic E-state index is -1.71. The molecule has 0 aromatic carbocycles. The van der Waals surface area contributed by atoms with Gasteiger partial charge in [0.25, 0.3) is 0 Å². The van der Waals surface area contributed by atoms with Crippen LogP contribution in [0.2, 0.25) is 0 Å². The van der Waals surface area contributed by atoms with Gasteiger partial charge in [-0.1, -0.05) is 0 Å². The lowest BCUT2D eigenvalue weighted by Crippen LogP contribution is -2.31. The number of carbonyl (C=O) groups excluding carboxylic acids is 4. The summed E-state index contributed by atoms with van der Waals surface area (Å²) in [4.78, 5) is 66.4. The summed E-state index contributed by atoms with van der Waals surface area (Å²) < 4.78 is 4.29. The number of hydrogen-bond donors (Lipinski definition) is 2. The zero-order valence-electron chi connectivity index (χ0n) is 11.5. The Morgan fingerprint density at radius 2 is 1.04 bits per heavy atom. The molecule has 0 saturated carbocycles. The first-order chi connectivity index (χ1) is 10.6. The Balaban J connectivity index is 4.88. The van der Waals surface area contributed by atoms with Gasteiger partial charge in [0, 0.05) is 12.8 Å². The predicted octanol–water partition coefficient (Wildman–Crippen LogP) is 0.549. The molecule has 0 aromatic heterocycles. The lowest BCUT2D eigenvalue weighted by Gasteiger charge is -2.13. The van der Waals surface area contributed by atoms with Crippen LogP contribution >= 0.6 is 23.2 Å². The molecule has 23 heavy (non-hydrogen) atoms. The number of carbonyl (C=O) groups is 6. The molecule has 0 aromatic rings. The Hall–Kier alpha value is -2.00. The van der Waals surface area contributed by atoms with Crippen molar-refractivity contribution in [1.82, 2.24) is 0 Å². The van der Waals surface area contributed by atoms with E-state index in [4.69, 9.17) is 33.4 Å². The number of halogens is 2. The quantitative estimate of drug-likeness (QED) is 0.318. The van der Waals surface area contributed by atoms with E-state index in [0.717, 1.165) is 0 Å². The van der Waals surface area contributed by atoms with Crippen LogP contribution in [0.25, 0.3) is 0 Å². The molecule has 0 rings (SSSR count). The van der Waals surface area contributed by atoms with Gasteiger partial charge in [0.15, 0.2) is 0 Å². The number of carboxylic acids is 2. The maximum Gasteiger partial charge on any atom is 0.325 e. The van der Waals surface area contributed by atoms with Crippen molar-refractivity contribution in [3.05, 3.63) is 0 Å². The zero-order valence-corrected chi connectivity index (χ0v) is 13.0. The van der Waals surface area contributed by atoms with Gasteiger partial charge in [-0.25, -0.2) is 0 Å². The van der Waals surface area contributed by atoms with Crippen molar-refractivity contribution in [2.45, 2.75) is 25.7 Å². The highest BCUT2D eigenvalue weighted by molar-refractivity contribution is 6.66. The van der Waals surface area contributed by atoms with E-state index in [-0.39, 0.29) is 0 Å². The van der Waals surface area contributed by atoms with Crippen molar-refractivity contribution in [1.29, 1.82) is 0 Å². The Kier molecular flexibility index (Phi) is 9.04. The number of ether oxygens (including phenoxy) is 1. The third-order valence-electron chi connectivity index (χ3n) is 2.61. The monoisotopic (exact) mass is 370 g/mol. The summed E-state index contributed by atoms with van der Waals surface area (Å²) in [5.74, 6) is -8.89. The molecule has 0 bridgehead atoms. The smallest absolute Gasteiger partial charge is 0.325 e. The second-order valence-electron chi connectivity index (χ2n) is 4.32. The first-order valence-corrected chi connectivity index (χ1v) is 6.89. The minimum Gasteiger partial charge on any atom is -0.481 e.